The van der Waals surface area contributed by atoms with Gasteiger partial charge in [-0.1, -0.05) is 19.1 Å². The van der Waals surface area contributed by atoms with Gasteiger partial charge in [-0.25, -0.2) is 8.42 Å². The van der Waals surface area contributed by atoms with E-state index >= 15 is 0 Å². The van der Waals surface area contributed by atoms with Gasteiger partial charge in [0.1, 0.15) is 11.4 Å². The zero-order chi connectivity index (χ0) is 15.6. The van der Waals surface area contributed by atoms with Gasteiger partial charge >= 0.3 is 5.97 Å². The van der Waals surface area contributed by atoms with Gasteiger partial charge in [0, 0.05) is 18.1 Å². The highest BCUT2D eigenvalue weighted by atomic mass is 32.2. The van der Waals surface area contributed by atoms with Crippen molar-refractivity contribution in [1.82, 2.24) is 9.29 Å². The first-order valence-electron chi connectivity index (χ1n) is 6.43. The molecular weight excluding hydrogens is 292 g/mol. The van der Waals surface area contributed by atoms with E-state index in [1.807, 2.05) is 13.0 Å². The smallest absolute Gasteiger partial charge is 0.318 e. The summed E-state index contributed by atoms with van der Waals surface area (Å²) in [6.07, 6.45) is 1.59. The third kappa shape index (κ3) is 3.03. The molecule has 0 spiro atoms. The molecule has 0 amide bonds. The van der Waals surface area contributed by atoms with Crippen LogP contribution in [0.1, 0.15) is 12.5 Å². The Labute approximate surface area is 123 Å². The van der Waals surface area contributed by atoms with Gasteiger partial charge in [-0.05, 0) is 24.6 Å². The molecule has 1 aromatic carbocycles. The third-order valence-electron chi connectivity index (χ3n) is 3.09. The molecule has 112 valence electrons. The monoisotopic (exact) mass is 308 g/mol. The lowest BCUT2D eigenvalue weighted by Gasteiger charge is -2.19. The third-order valence-corrected chi connectivity index (χ3v) is 5.05. The van der Waals surface area contributed by atoms with Crippen molar-refractivity contribution in [1.29, 1.82) is 0 Å². The molecule has 7 heteroatoms. The summed E-state index contributed by atoms with van der Waals surface area (Å²) in [7, 11) is -3.90. The van der Waals surface area contributed by atoms with Gasteiger partial charge in [0.05, 0.1) is 5.52 Å². The average Bonchev–Trinajstić information content (AvgIpc) is 2.43. The Balaban J connectivity index is 2.61. The fourth-order valence-electron chi connectivity index (χ4n) is 2.11. The summed E-state index contributed by atoms with van der Waals surface area (Å²) in [5, 5.41) is 9.56. The number of likely N-dealkylation sites (N-methyl/N-ethyl adjacent to an activating group) is 1. The van der Waals surface area contributed by atoms with Crippen LogP contribution in [0, 0.1) is 6.92 Å². The molecule has 0 saturated heterocycles. The first kappa shape index (κ1) is 15.4. The van der Waals surface area contributed by atoms with E-state index in [1.54, 1.807) is 25.3 Å². The van der Waals surface area contributed by atoms with Crippen LogP contribution in [-0.4, -0.2) is 41.9 Å². The van der Waals surface area contributed by atoms with E-state index in [1.165, 1.54) is 6.07 Å². The number of aryl methyl sites for hydroxylation is 1. The number of hydrogen-bond acceptors (Lipinski definition) is 4. The number of sulfonamides is 1. The van der Waals surface area contributed by atoms with Crippen molar-refractivity contribution in [2.75, 3.05) is 13.1 Å². The number of pyridine rings is 1. The maximum Gasteiger partial charge on any atom is 0.318 e. The van der Waals surface area contributed by atoms with E-state index in [-0.39, 0.29) is 11.4 Å². The van der Waals surface area contributed by atoms with E-state index in [9.17, 15) is 13.2 Å². The van der Waals surface area contributed by atoms with Gasteiger partial charge in [0.25, 0.3) is 0 Å². The Hall–Kier alpha value is -1.99. The van der Waals surface area contributed by atoms with Crippen LogP contribution in [-0.2, 0) is 14.8 Å². The van der Waals surface area contributed by atoms with Gasteiger partial charge in [-0.3, -0.25) is 9.78 Å². The van der Waals surface area contributed by atoms with E-state index in [0.717, 1.165) is 9.87 Å². The van der Waals surface area contributed by atoms with E-state index in [0.29, 0.717) is 10.9 Å². The number of aliphatic carboxylic acids is 1. The second-order valence-corrected chi connectivity index (χ2v) is 6.57. The standard InChI is InChI=1S/C14H16N2O4S/c1-3-16(9-13(17)18)21(19,20)12-6-4-5-11-7-10(2)8-15-14(11)12/h4-8H,3,9H2,1-2H3,(H,17,18). The Morgan fingerprint density at radius 2 is 2.10 bits per heavy atom. The lowest BCUT2D eigenvalue weighted by Crippen LogP contribution is -2.35. The van der Waals surface area contributed by atoms with Gasteiger partial charge in [-0.2, -0.15) is 4.31 Å². The number of hydrogen-bond donors (Lipinski definition) is 1. The van der Waals surface area contributed by atoms with Gasteiger partial charge in [0.2, 0.25) is 10.0 Å². The zero-order valence-electron chi connectivity index (χ0n) is 11.8. The first-order valence-corrected chi connectivity index (χ1v) is 7.87. The molecule has 1 heterocycles. The molecule has 0 saturated carbocycles. The Bertz CT molecular complexity index is 787. The van der Waals surface area contributed by atoms with E-state index < -0.39 is 22.5 Å². The number of carbonyl (C=O) groups is 1. The SMILES string of the molecule is CCN(CC(=O)O)S(=O)(=O)c1cccc2cc(C)cnc12. The molecule has 6 nitrogen and oxygen atoms in total. The van der Waals surface area contributed by atoms with Crippen LogP contribution < -0.4 is 0 Å². The van der Waals surface area contributed by atoms with Gasteiger partial charge in [-0.15, -0.1) is 0 Å². The molecule has 0 aliphatic carbocycles. The predicted molar refractivity (Wildman–Crippen MR) is 78.5 cm³/mol. The number of fused-ring (bicyclic) bond motifs is 1. The molecule has 2 rings (SSSR count). The number of rotatable bonds is 5. The van der Waals surface area contributed by atoms with Crippen molar-refractivity contribution in [3.05, 3.63) is 36.0 Å². The predicted octanol–water partition coefficient (Wildman–Crippen LogP) is 1.64. The molecule has 1 N–H and O–H groups in total. The van der Waals surface area contributed by atoms with Crippen molar-refractivity contribution in [3.63, 3.8) is 0 Å². The highest BCUT2D eigenvalue weighted by Gasteiger charge is 2.27. The fraction of sp³-hybridized carbons (Fsp3) is 0.286. The summed E-state index contributed by atoms with van der Waals surface area (Å²) in [5.41, 5.74) is 1.28. The molecular formula is C14H16N2O4S. The quantitative estimate of drug-likeness (QED) is 0.907. The van der Waals surface area contributed by atoms with Crippen LogP contribution in [0.2, 0.25) is 0 Å². The lowest BCUT2D eigenvalue weighted by molar-refractivity contribution is -0.137. The van der Waals surface area contributed by atoms with Crippen molar-refractivity contribution in [3.8, 4) is 0 Å². The number of para-hydroxylation sites is 1. The molecule has 21 heavy (non-hydrogen) atoms. The Morgan fingerprint density at radius 1 is 1.38 bits per heavy atom. The summed E-state index contributed by atoms with van der Waals surface area (Å²) in [6, 6.07) is 6.70. The second kappa shape index (κ2) is 5.79. The molecule has 0 aliphatic rings. The highest BCUT2D eigenvalue weighted by molar-refractivity contribution is 7.89. The number of nitrogens with zero attached hydrogens (tertiary/aromatic N) is 2. The van der Waals surface area contributed by atoms with Crippen LogP contribution >= 0.6 is 0 Å². The summed E-state index contributed by atoms with van der Waals surface area (Å²) >= 11 is 0. The molecule has 0 unspecified atom stereocenters. The van der Waals surface area contributed by atoms with Crippen LogP contribution in [0.4, 0.5) is 0 Å². The minimum absolute atomic E-state index is 0.0306. The zero-order valence-corrected chi connectivity index (χ0v) is 12.6. The van der Waals surface area contributed by atoms with Crippen molar-refractivity contribution in [2.24, 2.45) is 0 Å². The van der Waals surface area contributed by atoms with Crippen molar-refractivity contribution >= 4 is 26.9 Å². The van der Waals surface area contributed by atoms with Crippen LogP contribution in [0.15, 0.2) is 35.4 Å². The topological polar surface area (TPSA) is 87.6 Å². The largest absolute Gasteiger partial charge is 0.480 e. The van der Waals surface area contributed by atoms with Crippen LogP contribution in [0.3, 0.4) is 0 Å². The van der Waals surface area contributed by atoms with Gasteiger partial charge < -0.3 is 5.11 Å². The average molecular weight is 308 g/mol. The minimum atomic E-state index is -3.90. The second-order valence-electron chi connectivity index (χ2n) is 4.67. The summed E-state index contributed by atoms with van der Waals surface area (Å²) in [6.45, 7) is 2.98. The van der Waals surface area contributed by atoms with E-state index in [4.69, 9.17) is 5.11 Å². The van der Waals surface area contributed by atoms with E-state index in [2.05, 4.69) is 4.98 Å². The Morgan fingerprint density at radius 3 is 2.71 bits per heavy atom. The fourth-order valence-corrected chi connectivity index (χ4v) is 3.67. The minimum Gasteiger partial charge on any atom is -0.480 e. The summed E-state index contributed by atoms with van der Waals surface area (Å²) < 4.78 is 26.2. The maximum absolute atomic E-state index is 12.6. The Kier molecular flexibility index (Phi) is 4.24. The number of benzene rings is 1. The lowest BCUT2D eigenvalue weighted by atomic mass is 10.2. The molecule has 1 aromatic heterocycles. The summed E-state index contributed by atoms with van der Waals surface area (Å²) in [4.78, 5) is 15.1. The first-order chi connectivity index (χ1) is 9.86. The van der Waals surface area contributed by atoms with Crippen LogP contribution in [0.25, 0.3) is 10.9 Å². The summed E-state index contributed by atoms with van der Waals surface area (Å²) in [5.74, 6) is -1.19. The van der Waals surface area contributed by atoms with Crippen molar-refractivity contribution in [2.45, 2.75) is 18.7 Å². The number of carboxylic acid groups (broad SMARTS) is 1. The molecule has 0 bridgehead atoms. The highest BCUT2D eigenvalue weighted by Crippen LogP contribution is 2.24. The van der Waals surface area contributed by atoms with Crippen LogP contribution in [0.5, 0.6) is 0 Å². The molecule has 0 atom stereocenters. The molecule has 0 fully saturated rings. The van der Waals surface area contributed by atoms with Gasteiger partial charge in [0.15, 0.2) is 0 Å². The number of carboxylic acids is 1. The van der Waals surface area contributed by atoms with Crippen molar-refractivity contribution < 1.29 is 18.3 Å². The normalized spacial score (nSPS) is 12.0. The molecule has 0 radical (unpaired) electrons. The molecule has 0 aliphatic heterocycles. The molecule has 2 aromatic rings. The number of aromatic nitrogens is 1. The maximum atomic E-state index is 12.6.